The highest BCUT2D eigenvalue weighted by Crippen LogP contribution is 2.46. The fraction of sp³-hybridized carbons (Fsp3) is 0.333. The van der Waals surface area contributed by atoms with Crippen LogP contribution in [0.5, 0.6) is 17.2 Å². The molecule has 0 N–H and O–H groups in total. The minimum absolute atomic E-state index is 0.293. The number of carbonyl (C=O) groups excluding carboxylic acids is 2. The van der Waals surface area contributed by atoms with Crippen molar-refractivity contribution >= 4 is 17.5 Å². The van der Waals surface area contributed by atoms with Gasteiger partial charge in [0.05, 0.1) is 30.9 Å². The van der Waals surface area contributed by atoms with Crippen LogP contribution in [-0.2, 0) is 21.0 Å². The number of imide groups is 1. The van der Waals surface area contributed by atoms with Crippen molar-refractivity contribution in [2.75, 3.05) is 25.2 Å². The predicted molar refractivity (Wildman–Crippen MR) is 142 cm³/mol. The minimum atomic E-state index is -0.891. The number of rotatable bonds is 10. The molecule has 8 nitrogen and oxygen atoms in total. The maximum atomic E-state index is 13.6. The van der Waals surface area contributed by atoms with Gasteiger partial charge in [0.15, 0.2) is 17.6 Å². The van der Waals surface area contributed by atoms with Gasteiger partial charge in [-0.3, -0.25) is 14.4 Å². The Hall–Kier alpha value is -3.88. The van der Waals surface area contributed by atoms with Crippen LogP contribution >= 0.6 is 0 Å². The molecule has 0 saturated carbocycles. The van der Waals surface area contributed by atoms with Crippen LogP contribution in [0.2, 0.25) is 0 Å². The summed E-state index contributed by atoms with van der Waals surface area (Å²) in [4.78, 5) is 34.1. The van der Waals surface area contributed by atoms with Crippen LogP contribution < -0.4 is 19.1 Å². The Morgan fingerprint density at radius 3 is 2.32 bits per heavy atom. The van der Waals surface area contributed by atoms with Crippen molar-refractivity contribution in [1.29, 1.82) is 0 Å². The summed E-state index contributed by atoms with van der Waals surface area (Å²) < 4.78 is 17.6. The van der Waals surface area contributed by atoms with E-state index < -0.39 is 18.1 Å². The van der Waals surface area contributed by atoms with E-state index in [0.717, 1.165) is 17.5 Å². The molecule has 0 spiro atoms. The molecule has 2 aliphatic rings. The number of hydroxylamine groups is 2. The monoisotopic (exact) mass is 516 g/mol. The van der Waals surface area contributed by atoms with Gasteiger partial charge in [0.1, 0.15) is 12.4 Å². The number of carbonyl (C=O) groups is 2. The summed E-state index contributed by atoms with van der Waals surface area (Å²) in [6.07, 6.45) is 0.00376. The largest absolute Gasteiger partial charge is 0.494 e. The smallest absolute Gasteiger partial charge is 0.265 e. The van der Waals surface area contributed by atoms with Crippen LogP contribution in [0, 0.1) is 5.92 Å². The number of amides is 2. The first-order chi connectivity index (χ1) is 18.5. The number of hydrogen-bond acceptors (Lipinski definition) is 7. The quantitative estimate of drug-likeness (QED) is 0.354. The van der Waals surface area contributed by atoms with E-state index in [2.05, 4.69) is 0 Å². The van der Waals surface area contributed by atoms with Crippen molar-refractivity contribution in [3.05, 3.63) is 83.9 Å². The van der Waals surface area contributed by atoms with E-state index in [1.165, 1.54) is 4.90 Å². The zero-order chi connectivity index (χ0) is 26.6. The second-order valence-corrected chi connectivity index (χ2v) is 9.31. The molecule has 2 fully saturated rings. The summed E-state index contributed by atoms with van der Waals surface area (Å²) in [6.45, 7) is 5.40. The van der Waals surface area contributed by atoms with Crippen molar-refractivity contribution in [2.24, 2.45) is 5.92 Å². The normalized spacial score (nSPS) is 21.0. The van der Waals surface area contributed by atoms with E-state index >= 15 is 0 Å². The van der Waals surface area contributed by atoms with Gasteiger partial charge in [0.25, 0.3) is 5.91 Å². The van der Waals surface area contributed by atoms with Gasteiger partial charge in [-0.15, -0.1) is 0 Å². The Bertz CT molecular complexity index is 1280. The second-order valence-electron chi connectivity index (χ2n) is 9.31. The van der Waals surface area contributed by atoms with Gasteiger partial charge in [0.2, 0.25) is 5.91 Å². The SMILES string of the molecule is CCCOc1ccc(N2C(=O)[C@@H]3[C@@H](ON(C)[C@H]3c3ccc(OCc4ccccc4)c(OCC)c3)C2=O)cc1. The number of ether oxygens (including phenoxy) is 3. The van der Waals surface area contributed by atoms with E-state index in [0.29, 0.717) is 42.8 Å². The third kappa shape index (κ3) is 4.97. The topological polar surface area (TPSA) is 77.5 Å². The fourth-order valence-corrected chi connectivity index (χ4v) is 4.96. The molecule has 5 rings (SSSR count). The zero-order valence-corrected chi connectivity index (χ0v) is 21.8. The van der Waals surface area contributed by atoms with Crippen molar-refractivity contribution < 1.29 is 28.6 Å². The first-order valence-corrected chi connectivity index (χ1v) is 13.0. The van der Waals surface area contributed by atoms with Crippen LogP contribution in [0.25, 0.3) is 0 Å². The van der Waals surface area contributed by atoms with Crippen molar-refractivity contribution in [3.63, 3.8) is 0 Å². The Labute approximate surface area is 222 Å². The van der Waals surface area contributed by atoms with Gasteiger partial charge >= 0.3 is 0 Å². The van der Waals surface area contributed by atoms with Crippen LogP contribution in [0.4, 0.5) is 5.69 Å². The third-order valence-electron chi connectivity index (χ3n) is 6.72. The van der Waals surface area contributed by atoms with Gasteiger partial charge in [0, 0.05) is 7.05 Å². The Balaban J connectivity index is 1.38. The molecule has 2 saturated heterocycles. The number of anilines is 1. The molecule has 3 aromatic carbocycles. The van der Waals surface area contributed by atoms with Gasteiger partial charge in [-0.1, -0.05) is 43.3 Å². The van der Waals surface area contributed by atoms with Gasteiger partial charge in [-0.2, -0.15) is 5.06 Å². The van der Waals surface area contributed by atoms with E-state index in [1.54, 1.807) is 36.4 Å². The highest BCUT2D eigenvalue weighted by Gasteiger charge is 2.59. The zero-order valence-electron chi connectivity index (χ0n) is 21.8. The van der Waals surface area contributed by atoms with Crippen LogP contribution in [-0.4, -0.2) is 43.2 Å². The molecule has 0 aromatic heterocycles. The summed E-state index contributed by atoms with van der Waals surface area (Å²) in [5.41, 5.74) is 2.36. The maximum absolute atomic E-state index is 13.6. The molecule has 2 amide bonds. The summed E-state index contributed by atoms with van der Waals surface area (Å²) in [5, 5.41) is 1.60. The highest BCUT2D eigenvalue weighted by molar-refractivity contribution is 6.23. The van der Waals surface area contributed by atoms with Crippen LogP contribution in [0.15, 0.2) is 72.8 Å². The highest BCUT2D eigenvalue weighted by atomic mass is 16.7. The molecular formula is C30H32N2O6. The second kappa shape index (κ2) is 11.2. The van der Waals surface area contributed by atoms with Crippen molar-refractivity contribution in [1.82, 2.24) is 5.06 Å². The lowest BCUT2D eigenvalue weighted by atomic mass is 9.91. The third-order valence-corrected chi connectivity index (χ3v) is 6.72. The number of nitrogens with zero attached hydrogens (tertiary/aromatic N) is 2. The van der Waals surface area contributed by atoms with E-state index in [4.69, 9.17) is 19.0 Å². The summed E-state index contributed by atoms with van der Waals surface area (Å²) in [5.74, 6) is 0.534. The minimum Gasteiger partial charge on any atom is -0.494 e. The van der Waals surface area contributed by atoms with Crippen molar-refractivity contribution in [3.8, 4) is 17.2 Å². The Morgan fingerprint density at radius 2 is 1.61 bits per heavy atom. The Kier molecular flexibility index (Phi) is 7.62. The average Bonchev–Trinajstić information content (AvgIpc) is 3.40. The first-order valence-electron chi connectivity index (χ1n) is 13.0. The van der Waals surface area contributed by atoms with Gasteiger partial charge in [-0.05, 0) is 60.9 Å². The maximum Gasteiger partial charge on any atom is 0.265 e. The summed E-state index contributed by atoms with van der Waals surface area (Å²) in [6, 6.07) is 22.1. The summed E-state index contributed by atoms with van der Waals surface area (Å²) in [7, 11) is 1.74. The van der Waals surface area contributed by atoms with Crippen LogP contribution in [0.1, 0.15) is 37.4 Å². The predicted octanol–water partition coefficient (Wildman–Crippen LogP) is 4.93. The molecule has 8 heteroatoms. The van der Waals surface area contributed by atoms with E-state index in [9.17, 15) is 9.59 Å². The van der Waals surface area contributed by atoms with Crippen molar-refractivity contribution in [2.45, 2.75) is 39.0 Å². The molecule has 2 aliphatic heterocycles. The molecule has 3 aromatic rings. The molecule has 38 heavy (non-hydrogen) atoms. The van der Waals surface area contributed by atoms with E-state index in [1.807, 2.05) is 62.4 Å². The molecule has 198 valence electrons. The number of fused-ring (bicyclic) bond motifs is 1. The molecule has 2 heterocycles. The fourth-order valence-electron chi connectivity index (χ4n) is 4.96. The molecule has 0 unspecified atom stereocenters. The molecule has 3 atom stereocenters. The molecule has 0 aliphatic carbocycles. The number of hydrogen-bond donors (Lipinski definition) is 0. The molecule has 0 bridgehead atoms. The number of benzene rings is 3. The Morgan fingerprint density at radius 1 is 0.842 bits per heavy atom. The lowest BCUT2D eigenvalue weighted by Gasteiger charge is -2.25. The average molecular weight is 517 g/mol. The lowest BCUT2D eigenvalue weighted by Crippen LogP contribution is -2.36. The molecule has 0 radical (unpaired) electrons. The standard InChI is InChI=1S/C30H32N2O6/c1-4-17-36-23-14-12-22(13-15-23)32-29(33)26-27(31(3)38-28(26)30(32)34)21-11-16-24(25(18-21)35-5-2)37-19-20-9-7-6-8-10-20/h6-16,18,26-28H,4-5,17,19H2,1-3H3/t26-,27-,28+/m0/s1. The van der Waals surface area contributed by atoms with Gasteiger partial charge in [-0.25, -0.2) is 4.90 Å². The van der Waals surface area contributed by atoms with E-state index in [-0.39, 0.29) is 11.8 Å². The van der Waals surface area contributed by atoms with Crippen LogP contribution in [0.3, 0.4) is 0 Å². The first kappa shape index (κ1) is 25.8. The summed E-state index contributed by atoms with van der Waals surface area (Å²) >= 11 is 0. The lowest BCUT2D eigenvalue weighted by molar-refractivity contribution is -0.160. The van der Waals surface area contributed by atoms with Gasteiger partial charge < -0.3 is 14.2 Å². The molecular weight excluding hydrogens is 484 g/mol.